The van der Waals surface area contributed by atoms with E-state index in [0.29, 0.717) is 29.4 Å². The zero-order chi connectivity index (χ0) is 22.0. The van der Waals surface area contributed by atoms with E-state index in [1.807, 2.05) is 30.2 Å². The zero-order valence-corrected chi connectivity index (χ0v) is 18.8. The summed E-state index contributed by atoms with van der Waals surface area (Å²) in [6, 6.07) is 7.65. The van der Waals surface area contributed by atoms with Crippen LogP contribution in [0.25, 0.3) is 6.08 Å². The second kappa shape index (κ2) is 7.08. The molecule has 1 heterocycles. The van der Waals surface area contributed by atoms with Gasteiger partial charge < -0.3 is 10.0 Å². The molecule has 164 valence electrons. The Morgan fingerprint density at radius 1 is 1.16 bits per heavy atom. The Kier molecular flexibility index (Phi) is 4.69. The summed E-state index contributed by atoms with van der Waals surface area (Å²) in [6.45, 7) is 4.84. The average Bonchev–Trinajstić information content (AvgIpc) is 3.07. The van der Waals surface area contributed by atoms with Gasteiger partial charge in [0.1, 0.15) is 0 Å². The molecule has 4 nitrogen and oxygen atoms in total. The molecule has 0 spiro atoms. The van der Waals surface area contributed by atoms with Crippen molar-refractivity contribution in [2.24, 2.45) is 28.6 Å². The number of carbonyl (C=O) groups excluding carboxylic acids is 1. The molecular weight excluding hydrogens is 386 g/mol. The molecule has 6 atom stereocenters. The minimum Gasteiger partial charge on any atom is -0.478 e. The van der Waals surface area contributed by atoms with E-state index in [-0.39, 0.29) is 16.7 Å². The van der Waals surface area contributed by atoms with Gasteiger partial charge in [0.25, 0.3) is 0 Å². The van der Waals surface area contributed by atoms with E-state index >= 15 is 0 Å². The summed E-state index contributed by atoms with van der Waals surface area (Å²) >= 11 is 0. The Bertz CT molecular complexity index is 994. The van der Waals surface area contributed by atoms with Crippen LogP contribution < -0.4 is 0 Å². The summed E-state index contributed by atoms with van der Waals surface area (Å²) in [5, 5.41) is 9.34. The second-order valence-corrected chi connectivity index (χ2v) is 10.7. The highest BCUT2D eigenvalue weighted by atomic mass is 16.4. The quantitative estimate of drug-likeness (QED) is 0.697. The summed E-state index contributed by atoms with van der Waals surface area (Å²) in [4.78, 5) is 25.6. The lowest BCUT2D eigenvalue weighted by Gasteiger charge is -2.59. The lowest BCUT2D eigenvalue weighted by Crippen LogP contribution is -2.59. The maximum Gasteiger partial charge on any atom is 0.335 e. The molecule has 3 saturated carbocycles. The van der Waals surface area contributed by atoms with Crippen LogP contribution in [0.5, 0.6) is 0 Å². The third-order valence-corrected chi connectivity index (χ3v) is 9.45. The molecule has 3 aliphatic carbocycles. The topological polar surface area (TPSA) is 57.6 Å². The maximum atomic E-state index is 12.3. The van der Waals surface area contributed by atoms with Gasteiger partial charge in [-0.3, -0.25) is 4.79 Å². The fourth-order valence-corrected chi connectivity index (χ4v) is 7.79. The molecule has 4 aliphatic rings. The molecule has 0 saturated heterocycles. The number of aromatic carboxylic acids is 1. The molecule has 1 amide bonds. The van der Waals surface area contributed by atoms with Crippen LogP contribution in [0, 0.1) is 28.6 Å². The molecule has 4 heteroatoms. The molecule has 31 heavy (non-hydrogen) atoms. The number of nitrogens with zero attached hydrogens (tertiary/aromatic N) is 1. The van der Waals surface area contributed by atoms with Gasteiger partial charge in [-0.25, -0.2) is 4.79 Å². The number of fused-ring (bicyclic) bond motifs is 5. The number of hydrogen-bond donors (Lipinski definition) is 1. The van der Waals surface area contributed by atoms with Crippen LogP contribution in [-0.4, -0.2) is 35.0 Å². The SMILES string of the molecule is CN1C(=O)C=C[C@@]2(C)C1CC[C@@H]1[C@H]2CC[C@]2(C)C(=Cc3cccc(C(=O)O)c3)CC[C@@H]12. The first-order valence-corrected chi connectivity index (χ1v) is 11.7. The van der Waals surface area contributed by atoms with Crippen molar-refractivity contribution in [3.63, 3.8) is 0 Å². The van der Waals surface area contributed by atoms with Crippen molar-refractivity contribution in [3.8, 4) is 0 Å². The van der Waals surface area contributed by atoms with Crippen molar-refractivity contribution in [2.45, 2.75) is 58.4 Å². The molecule has 1 aliphatic heterocycles. The summed E-state index contributed by atoms with van der Waals surface area (Å²) in [5.41, 5.74) is 3.13. The summed E-state index contributed by atoms with van der Waals surface area (Å²) < 4.78 is 0. The molecule has 0 bridgehead atoms. The van der Waals surface area contributed by atoms with Crippen LogP contribution in [0.4, 0.5) is 0 Å². The number of benzene rings is 1. The third-order valence-electron chi connectivity index (χ3n) is 9.45. The Balaban J connectivity index is 1.45. The zero-order valence-electron chi connectivity index (χ0n) is 18.8. The fraction of sp³-hybridized carbons (Fsp3) is 0.556. The Hall–Kier alpha value is -2.36. The number of allylic oxidation sites excluding steroid dienone is 1. The molecule has 0 aromatic heterocycles. The van der Waals surface area contributed by atoms with E-state index < -0.39 is 5.97 Å². The Labute approximate surface area is 185 Å². The van der Waals surface area contributed by atoms with Crippen LogP contribution in [-0.2, 0) is 4.79 Å². The number of rotatable bonds is 2. The molecule has 3 fully saturated rings. The van der Waals surface area contributed by atoms with E-state index in [4.69, 9.17) is 0 Å². The van der Waals surface area contributed by atoms with Crippen molar-refractivity contribution >= 4 is 18.0 Å². The fourth-order valence-electron chi connectivity index (χ4n) is 7.79. The predicted octanol–water partition coefficient (Wildman–Crippen LogP) is 5.41. The van der Waals surface area contributed by atoms with Crippen molar-refractivity contribution in [1.29, 1.82) is 0 Å². The summed E-state index contributed by atoms with van der Waals surface area (Å²) in [5.74, 6) is 1.28. The van der Waals surface area contributed by atoms with Gasteiger partial charge in [0, 0.05) is 18.5 Å². The van der Waals surface area contributed by atoms with Gasteiger partial charge in [-0.1, -0.05) is 43.7 Å². The second-order valence-electron chi connectivity index (χ2n) is 10.7. The van der Waals surface area contributed by atoms with Gasteiger partial charge in [-0.15, -0.1) is 0 Å². The largest absolute Gasteiger partial charge is 0.478 e. The van der Waals surface area contributed by atoms with Crippen LogP contribution >= 0.6 is 0 Å². The van der Waals surface area contributed by atoms with E-state index in [1.54, 1.807) is 12.1 Å². The standard InChI is InChI=1S/C27H33NO3/c1-26-13-11-22-20(8-10-23-27(22,2)14-12-24(29)28(23)3)21(26)9-7-19(26)16-17-5-4-6-18(15-17)25(30)31/h4-6,12,14-16,20-23H,7-11,13H2,1-3H3,(H,30,31)/t20-,21-,22+,23?,26+,27+/m0/s1. The molecular formula is C27H33NO3. The van der Waals surface area contributed by atoms with Crippen molar-refractivity contribution < 1.29 is 14.7 Å². The first-order chi connectivity index (χ1) is 14.7. The average molecular weight is 420 g/mol. The Morgan fingerprint density at radius 2 is 1.97 bits per heavy atom. The third kappa shape index (κ3) is 3.01. The van der Waals surface area contributed by atoms with E-state index in [9.17, 15) is 14.7 Å². The summed E-state index contributed by atoms with van der Waals surface area (Å²) in [6.07, 6.45) is 13.3. The molecule has 0 radical (unpaired) electrons. The number of amides is 1. The number of hydrogen-bond acceptors (Lipinski definition) is 2. The predicted molar refractivity (Wildman–Crippen MR) is 121 cm³/mol. The van der Waals surface area contributed by atoms with E-state index in [2.05, 4.69) is 26.0 Å². The summed E-state index contributed by atoms with van der Waals surface area (Å²) in [7, 11) is 1.98. The highest BCUT2D eigenvalue weighted by molar-refractivity contribution is 5.89. The molecule has 1 aromatic carbocycles. The maximum absolute atomic E-state index is 12.3. The normalized spacial score (nSPS) is 40.4. The molecule has 1 unspecified atom stereocenters. The number of carboxylic acid groups (broad SMARTS) is 1. The number of carbonyl (C=O) groups is 2. The first-order valence-electron chi connectivity index (χ1n) is 11.7. The van der Waals surface area contributed by atoms with Crippen LogP contribution in [0.3, 0.4) is 0 Å². The lowest BCUT2D eigenvalue weighted by atomic mass is 9.48. The van der Waals surface area contributed by atoms with E-state index in [0.717, 1.165) is 18.4 Å². The van der Waals surface area contributed by atoms with Gasteiger partial charge in [0.2, 0.25) is 5.91 Å². The van der Waals surface area contributed by atoms with Gasteiger partial charge in [-0.2, -0.15) is 0 Å². The van der Waals surface area contributed by atoms with E-state index in [1.165, 1.54) is 31.3 Å². The van der Waals surface area contributed by atoms with Gasteiger partial charge in [0.05, 0.1) is 5.56 Å². The van der Waals surface area contributed by atoms with Crippen molar-refractivity contribution in [3.05, 3.63) is 53.1 Å². The van der Waals surface area contributed by atoms with Gasteiger partial charge >= 0.3 is 5.97 Å². The smallest absolute Gasteiger partial charge is 0.335 e. The first kappa shape index (κ1) is 20.5. The highest BCUT2D eigenvalue weighted by Crippen LogP contribution is 2.65. The van der Waals surface area contributed by atoms with Gasteiger partial charge in [-0.05, 0) is 85.5 Å². The van der Waals surface area contributed by atoms with Crippen molar-refractivity contribution in [2.75, 3.05) is 7.05 Å². The Morgan fingerprint density at radius 3 is 2.74 bits per heavy atom. The minimum absolute atomic E-state index is 0.0786. The highest BCUT2D eigenvalue weighted by Gasteiger charge is 2.59. The minimum atomic E-state index is -0.870. The lowest BCUT2D eigenvalue weighted by molar-refractivity contribution is -0.137. The molecule has 5 rings (SSSR count). The monoisotopic (exact) mass is 419 g/mol. The van der Waals surface area contributed by atoms with Crippen molar-refractivity contribution in [1.82, 2.24) is 4.90 Å². The molecule has 1 aromatic rings. The number of carboxylic acids is 1. The number of likely N-dealkylation sites (N-methyl/N-ethyl adjacent to an activating group) is 1. The van der Waals surface area contributed by atoms with Gasteiger partial charge in [0.15, 0.2) is 0 Å². The van der Waals surface area contributed by atoms with Crippen LogP contribution in [0.2, 0.25) is 0 Å². The molecule has 1 N–H and O–H groups in total. The van der Waals surface area contributed by atoms with Crippen LogP contribution in [0.1, 0.15) is 68.3 Å². The van der Waals surface area contributed by atoms with Crippen LogP contribution in [0.15, 0.2) is 42.0 Å².